The van der Waals surface area contributed by atoms with Crippen LogP contribution in [0.5, 0.6) is 0 Å². The van der Waals surface area contributed by atoms with Gasteiger partial charge >= 0.3 is 12.1 Å². The lowest BCUT2D eigenvalue weighted by Crippen LogP contribution is -2.04. The van der Waals surface area contributed by atoms with Gasteiger partial charge in [-0.25, -0.2) is 0 Å². The van der Waals surface area contributed by atoms with E-state index in [2.05, 4.69) is 10.1 Å². The van der Waals surface area contributed by atoms with E-state index in [4.69, 9.17) is 9.63 Å². The van der Waals surface area contributed by atoms with Gasteiger partial charge in [0.1, 0.15) is 0 Å². The highest BCUT2D eigenvalue weighted by Crippen LogP contribution is 2.31. The van der Waals surface area contributed by atoms with Crippen molar-refractivity contribution in [2.24, 2.45) is 0 Å². The SMILES string of the molecule is O=C(O)CCCc1nc(-c2cccc(C(F)(F)F)c2)no1. The fourth-order valence-electron chi connectivity index (χ4n) is 1.70. The van der Waals surface area contributed by atoms with Gasteiger partial charge in [0.25, 0.3) is 0 Å². The number of aryl methyl sites for hydroxylation is 1. The molecule has 5 nitrogen and oxygen atoms in total. The molecule has 0 bridgehead atoms. The second-order valence-corrected chi connectivity index (χ2v) is 4.34. The average Bonchev–Trinajstić information content (AvgIpc) is 2.86. The number of hydrogen-bond acceptors (Lipinski definition) is 4. The number of aromatic nitrogens is 2. The van der Waals surface area contributed by atoms with Crippen molar-refractivity contribution in [3.8, 4) is 11.4 Å². The van der Waals surface area contributed by atoms with Gasteiger partial charge < -0.3 is 9.63 Å². The van der Waals surface area contributed by atoms with E-state index in [1.807, 2.05) is 0 Å². The Morgan fingerprint density at radius 3 is 2.76 bits per heavy atom. The van der Waals surface area contributed by atoms with Gasteiger partial charge in [0, 0.05) is 18.4 Å². The first-order valence-corrected chi connectivity index (χ1v) is 6.08. The van der Waals surface area contributed by atoms with E-state index in [-0.39, 0.29) is 30.1 Å². The van der Waals surface area contributed by atoms with E-state index < -0.39 is 17.7 Å². The molecule has 2 aromatic rings. The van der Waals surface area contributed by atoms with Crippen LogP contribution in [-0.2, 0) is 17.4 Å². The highest BCUT2D eigenvalue weighted by molar-refractivity contribution is 5.66. The van der Waals surface area contributed by atoms with Gasteiger partial charge in [0.05, 0.1) is 5.56 Å². The van der Waals surface area contributed by atoms with E-state index in [9.17, 15) is 18.0 Å². The van der Waals surface area contributed by atoms with Crippen LogP contribution in [0.15, 0.2) is 28.8 Å². The topological polar surface area (TPSA) is 76.2 Å². The maximum absolute atomic E-state index is 12.6. The molecule has 0 radical (unpaired) electrons. The number of alkyl halides is 3. The zero-order chi connectivity index (χ0) is 15.5. The molecule has 0 aliphatic rings. The third-order valence-electron chi connectivity index (χ3n) is 2.70. The van der Waals surface area contributed by atoms with Crippen LogP contribution in [0.2, 0.25) is 0 Å². The van der Waals surface area contributed by atoms with Gasteiger partial charge in [0.15, 0.2) is 0 Å². The number of halogens is 3. The number of carbonyl (C=O) groups is 1. The predicted octanol–water partition coefficient (Wildman–Crippen LogP) is 3.16. The summed E-state index contributed by atoms with van der Waals surface area (Å²) in [5, 5.41) is 12.1. The Balaban J connectivity index is 2.12. The van der Waals surface area contributed by atoms with E-state index in [0.717, 1.165) is 12.1 Å². The number of carboxylic acid groups (broad SMARTS) is 1. The molecule has 1 N–H and O–H groups in total. The summed E-state index contributed by atoms with van der Waals surface area (Å²) in [6, 6.07) is 4.60. The molecule has 21 heavy (non-hydrogen) atoms. The molecule has 0 atom stereocenters. The molecule has 2 rings (SSSR count). The van der Waals surface area contributed by atoms with Crippen LogP contribution in [0.3, 0.4) is 0 Å². The lowest BCUT2D eigenvalue weighted by molar-refractivity contribution is -0.138. The average molecular weight is 300 g/mol. The molecule has 112 valence electrons. The van der Waals surface area contributed by atoms with Crippen molar-refractivity contribution in [3.63, 3.8) is 0 Å². The highest BCUT2D eigenvalue weighted by Gasteiger charge is 2.30. The van der Waals surface area contributed by atoms with Crippen LogP contribution >= 0.6 is 0 Å². The van der Waals surface area contributed by atoms with Crippen LogP contribution in [-0.4, -0.2) is 21.2 Å². The molecule has 0 fully saturated rings. The Kier molecular flexibility index (Phi) is 4.25. The van der Waals surface area contributed by atoms with Crippen molar-refractivity contribution in [2.75, 3.05) is 0 Å². The molecule has 1 aromatic carbocycles. The smallest absolute Gasteiger partial charge is 0.416 e. The minimum Gasteiger partial charge on any atom is -0.481 e. The number of rotatable bonds is 5. The van der Waals surface area contributed by atoms with Crippen LogP contribution < -0.4 is 0 Å². The summed E-state index contributed by atoms with van der Waals surface area (Å²) in [6.45, 7) is 0. The number of nitrogens with zero attached hydrogens (tertiary/aromatic N) is 2. The molecule has 0 spiro atoms. The Morgan fingerprint density at radius 1 is 1.33 bits per heavy atom. The molecule has 0 aliphatic heterocycles. The predicted molar refractivity (Wildman–Crippen MR) is 65.3 cm³/mol. The summed E-state index contributed by atoms with van der Waals surface area (Å²) in [4.78, 5) is 14.3. The standard InChI is InChI=1S/C13H11F3N2O3/c14-13(15,16)9-4-1-3-8(7-9)12-17-10(21-18-12)5-2-6-11(19)20/h1,3-4,7H,2,5-6H2,(H,19,20). The lowest BCUT2D eigenvalue weighted by Gasteiger charge is -2.06. The quantitative estimate of drug-likeness (QED) is 0.917. The van der Waals surface area contributed by atoms with Gasteiger partial charge in [-0.05, 0) is 18.6 Å². The van der Waals surface area contributed by atoms with Gasteiger partial charge in [0.2, 0.25) is 11.7 Å². The summed E-state index contributed by atoms with van der Waals surface area (Å²) in [7, 11) is 0. The van der Waals surface area contributed by atoms with Gasteiger partial charge in [-0.1, -0.05) is 17.3 Å². The van der Waals surface area contributed by atoms with Crippen LogP contribution in [0.4, 0.5) is 13.2 Å². The minimum atomic E-state index is -4.44. The van der Waals surface area contributed by atoms with Crippen molar-refractivity contribution in [1.82, 2.24) is 10.1 Å². The molecule has 1 aromatic heterocycles. The van der Waals surface area contributed by atoms with E-state index in [1.165, 1.54) is 12.1 Å². The first-order chi connectivity index (χ1) is 9.86. The molecule has 0 unspecified atom stereocenters. The summed E-state index contributed by atoms with van der Waals surface area (Å²) in [6.07, 6.45) is -3.90. The molecular formula is C13H11F3N2O3. The zero-order valence-corrected chi connectivity index (χ0v) is 10.7. The maximum atomic E-state index is 12.6. The summed E-state index contributed by atoms with van der Waals surface area (Å²) < 4.78 is 42.7. The monoisotopic (exact) mass is 300 g/mol. The molecule has 0 saturated carbocycles. The van der Waals surface area contributed by atoms with E-state index >= 15 is 0 Å². The van der Waals surface area contributed by atoms with Gasteiger partial charge in [-0.3, -0.25) is 4.79 Å². The van der Waals surface area contributed by atoms with Crippen molar-refractivity contribution in [1.29, 1.82) is 0 Å². The maximum Gasteiger partial charge on any atom is 0.416 e. The normalized spacial score (nSPS) is 11.6. The Hall–Kier alpha value is -2.38. The number of benzene rings is 1. The van der Waals surface area contributed by atoms with Gasteiger partial charge in [-0.15, -0.1) is 0 Å². The third kappa shape index (κ3) is 4.04. The van der Waals surface area contributed by atoms with Crippen molar-refractivity contribution in [2.45, 2.75) is 25.4 Å². The second-order valence-electron chi connectivity index (χ2n) is 4.34. The first kappa shape index (κ1) is 15.0. The fourth-order valence-corrected chi connectivity index (χ4v) is 1.70. The minimum absolute atomic E-state index is 0.0404. The molecule has 1 heterocycles. The molecule has 0 amide bonds. The largest absolute Gasteiger partial charge is 0.481 e. The van der Waals surface area contributed by atoms with Crippen LogP contribution in [0.25, 0.3) is 11.4 Å². The Morgan fingerprint density at radius 2 is 2.10 bits per heavy atom. The van der Waals surface area contributed by atoms with E-state index in [0.29, 0.717) is 6.42 Å². The van der Waals surface area contributed by atoms with Crippen molar-refractivity contribution < 1.29 is 27.6 Å². The molecule has 0 aliphatic carbocycles. The number of carboxylic acids is 1. The third-order valence-corrected chi connectivity index (χ3v) is 2.70. The Bertz CT molecular complexity index is 638. The summed E-state index contributed by atoms with van der Waals surface area (Å²) in [5.41, 5.74) is -0.602. The summed E-state index contributed by atoms with van der Waals surface area (Å²) >= 11 is 0. The number of hydrogen-bond donors (Lipinski definition) is 1. The highest BCUT2D eigenvalue weighted by atomic mass is 19.4. The van der Waals surface area contributed by atoms with Crippen LogP contribution in [0.1, 0.15) is 24.3 Å². The second kappa shape index (κ2) is 5.94. The first-order valence-electron chi connectivity index (χ1n) is 6.08. The summed E-state index contributed by atoms with van der Waals surface area (Å²) in [5.74, 6) is -0.692. The van der Waals surface area contributed by atoms with Crippen molar-refractivity contribution in [3.05, 3.63) is 35.7 Å². The van der Waals surface area contributed by atoms with Gasteiger partial charge in [-0.2, -0.15) is 18.2 Å². The fraction of sp³-hybridized carbons (Fsp3) is 0.308. The zero-order valence-electron chi connectivity index (χ0n) is 10.7. The molecule has 0 saturated heterocycles. The molecular weight excluding hydrogens is 289 g/mol. The number of aliphatic carboxylic acids is 1. The molecule has 8 heteroatoms. The Labute approximate surface area is 117 Å². The van der Waals surface area contributed by atoms with Crippen molar-refractivity contribution >= 4 is 5.97 Å². The van der Waals surface area contributed by atoms with E-state index in [1.54, 1.807) is 0 Å². The lowest BCUT2D eigenvalue weighted by atomic mass is 10.1. The van der Waals surface area contributed by atoms with Crippen LogP contribution in [0, 0.1) is 0 Å².